The van der Waals surface area contributed by atoms with E-state index in [0.717, 1.165) is 31.4 Å². The standard InChI is InChI=1S/C27H26N6O4/c34-24(17-6-7-17)31-21-16-33-22(30-21)12-13-23(32-33)37-20-10-8-19(9-11-20)29-26(36)27(14-15-27)25(35)28-18-4-2-1-3-5-18/h2,4-5,8-13,16-17H,1,3,6-7,14-15H2,(H,28,35)(H,29,36)(H,31,34). The molecule has 3 aliphatic carbocycles. The predicted molar refractivity (Wildman–Crippen MR) is 136 cm³/mol. The van der Waals surface area contributed by atoms with Gasteiger partial charge in [-0.25, -0.2) is 9.50 Å². The van der Waals surface area contributed by atoms with Gasteiger partial charge < -0.3 is 20.7 Å². The monoisotopic (exact) mass is 498 g/mol. The number of ether oxygens (including phenoxy) is 1. The average Bonchev–Trinajstić information content (AvgIpc) is 3.82. The van der Waals surface area contributed by atoms with Gasteiger partial charge in [0, 0.05) is 23.4 Å². The normalized spacial score (nSPS) is 17.6. The topological polar surface area (TPSA) is 127 Å². The first kappa shape index (κ1) is 23.0. The third-order valence-corrected chi connectivity index (χ3v) is 6.70. The fourth-order valence-corrected chi connectivity index (χ4v) is 4.17. The van der Waals surface area contributed by atoms with E-state index in [1.165, 1.54) is 0 Å². The van der Waals surface area contributed by atoms with Crippen molar-refractivity contribution in [3.05, 3.63) is 66.5 Å². The second kappa shape index (κ2) is 9.20. The summed E-state index contributed by atoms with van der Waals surface area (Å²) in [7, 11) is 0. The van der Waals surface area contributed by atoms with Crippen LogP contribution in [0.15, 0.2) is 66.5 Å². The second-order valence-electron chi connectivity index (χ2n) is 9.62. The van der Waals surface area contributed by atoms with Crippen molar-refractivity contribution >= 4 is 34.9 Å². The second-order valence-corrected chi connectivity index (χ2v) is 9.62. The molecule has 1 aromatic carbocycles. The van der Waals surface area contributed by atoms with E-state index in [0.29, 0.717) is 41.6 Å². The molecule has 0 unspecified atom stereocenters. The molecule has 3 amide bonds. The lowest BCUT2D eigenvalue weighted by atomic mass is 10.0. The van der Waals surface area contributed by atoms with E-state index in [1.54, 1.807) is 47.1 Å². The molecule has 2 heterocycles. The van der Waals surface area contributed by atoms with Gasteiger partial charge in [0.15, 0.2) is 11.5 Å². The minimum Gasteiger partial charge on any atom is -0.438 e. The SMILES string of the molecule is O=C(Nc1cn2nc(Oc3ccc(NC(=O)C4(C(=O)NC5=CCCC=C5)CC4)cc3)ccc2n1)C1CC1. The van der Waals surface area contributed by atoms with E-state index in [-0.39, 0.29) is 23.6 Å². The molecule has 2 fully saturated rings. The van der Waals surface area contributed by atoms with E-state index in [2.05, 4.69) is 26.0 Å². The molecular weight excluding hydrogens is 472 g/mol. The number of imidazole rings is 1. The Morgan fingerprint density at radius 1 is 0.946 bits per heavy atom. The fraction of sp³-hybridized carbons (Fsp3) is 0.296. The maximum atomic E-state index is 12.9. The van der Waals surface area contributed by atoms with Crippen molar-refractivity contribution in [1.29, 1.82) is 0 Å². The van der Waals surface area contributed by atoms with Crippen LogP contribution in [0.2, 0.25) is 0 Å². The average molecular weight is 499 g/mol. The summed E-state index contributed by atoms with van der Waals surface area (Å²) in [6, 6.07) is 10.3. The van der Waals surface area contributed by atoms with E-state index >= 15 is 0 Å². The summed E-state index contributed by atoms with van der Waals surface area (Å²) in [5, 5.41) is 12.9. The maximum Gasteiger partial charge on any atom is 0.240 e. The Hall–Kier alpha value is -4.47. The van der Waals surface area contributed by atoms with Crippen LogP contribution in [0.1, 0.15) is 38.5 Å². The molecule has 3 aromatic rings. The van der Waals surface area contributed by atoms with Crippen LogP contribution < -0.4 is 20.7 Å². The Morgan fingerprint density at radius 3 is 2.43 bits per heavy atom. The van der Waals surface area contributed by atoms with Gasteiger partial charge in [-0.15, -0.1) is 5.10 Å². The molecule has 0 aliphatic heterocycles. The number of hydrogen-bond donors (Lipinski definition) is 3. The zero-order chi connectivity index (χ0) is 25.4. The lowest BCUT2D eigenvalue weighted by Crippen LogP contribution is -2.39. The zero-order valence-electron chi connectivity index (χ0n) is 20.1. The third-order valence-electron chi connectivity index (χ3n) is 6.70. The van der Waals surface area contributed by atoms with E-state index < -0.39 is 5.41 Å². The summed E-state index contributed by atoms with van der Waals surface area (Å²) in [6.07, 6.45) is 12.2. The lowest BCUT2D eigenvalue weighted by Gasteiger charge is -2.17. The predicted octanol–water partition coefficient (Wildman–Crippen LogP) is 3.94. The van der Waals surface area contributed by atoms with E-state index in [9.17, 15) is 14.4 Å². The van der Waals surface area contributed by atoms with Gasteiger partial charge in [0.25, 0.3) is 0 Å². The highest BCUT2D eigenvalue weighted by molar-refractivity contribution is 6.13. The number of aromatic nitrogens is 3. The summed E-state index contributed by atoms with van der Waals surface area (Å²) in [5.74, 6) is 0.834. The van der Waals surface area contributed by atoms with Gasteiger partial charge in [0.1, 0.15) is 11.2 Å². The summed E-state index contributed by atoms with van der Waals surface area (Å²) in [6.45, 7) is 0. The Bertz CT molecular complexity index is 1450. The van der Waals surface area contributed by atoms with Crippen LogP contribution in [-0.2, 0) is 14.4 Å². The number of hydrogen-bond acceptors (Lipinski definition) is 6. The number of rotatable bonds is 8. The molecule has 188 valence electrons. The molecule has 3 N–H and O–H groups in total. The van der Waals surface area contributed by atoms with Gasteiger partial charge in [-0.3, -0.25) is 14.4 Å². The molecule has 2 saturated carbocycles. The molecule has 6 rings (SSSR count). The van der Waals surface area contributed by atoms with Crippen molar-refractivity contribution in [2.75, 3.05) is 10.6 Å². The molecule has 37 heavy (non-hydrogen) atoms. The molecule has 10 heteroatoms. The van der Waals surface area contributed by atoms with Crippen LogP contribution >= 0.6 is 0 Å². The molecule has 0 radical (unpaired) electrons. The first-order chi connectivity index (χ1) is 18.0. The van der Waals surface area contributed by atoms with Crippen molar-refractivity contribution < 1.29 is 19.1 Å². The Kier molecular flexibility index (Phi) is 5.71. The van der Waals surface area contributed by atoms with Crippen LogP contribution in [0, 0.1) is 11.3 Å². The van der Waals surface area contributed by atoms with E-state index in [4.69, 9.17) is 4.74 Å². The fourth-order valence-electron chi connectivity index (χ4n) is 4.17. The molecular formula is C27H26N6O4. The number of nitrogens with one attached hydrogen (secondary N) is 3. The lowest BCUT2D eigenvalue weighted by molar-refractivity contribution is -0.133. The number of carbonyl (C=O) groups is 3. The first-order valence-electron chi connectivity index (χ1n) is 12.4. The summed E-state index contributed by atoms with van der Waals surface area (Å²) in [4.78, 5) is 42.0. The van der Waals surface area contributed by atoms with Gasteiger partial charge in [0.2, 0.25) is 23.6 Å². The quantitative estimate of drug-likeness (QED) is 0.404. The number of amides is 3. The Balaban J connectivity index is 1.07. The largest absolute Gasteiger partial charge is 0.438 e. The number of benzene rings is 1. The van der Waals surface area contributed by atoms with Gasteiger partial charge in [-0.2, -0.15) is 0 Å². The zero-order valence-corrected chi connectivity index (χ0v) is 20.1. The van der Waals surface area contributed by atoms with Crippen molar-refractivity contribution in [3.8, 4) is 11.6 Å². The van der Waals surface area contributed by atoms with Crippen molar-refractivity contribution in [2.24, 2.45) is 11.3 Å². The van der Waals surface area contributed by atoms with Gasteiger partial charge in [0.05, 0.1) is 6.20 Å². The minimum atomic E-state index is -1.03. The van der Waals surface area contributed by atoms with Gasteiger partial charge in [-0.1, -0.05) is 12.2 Å². The minimum absolute atomic E-state index is 0.0148. The maximum absolute atomic E-state index is 12.9. The van der Waals surface area contributed by atoms with Crippen LogP contribution in [0.3, 0.4) is 0 Å². The Morgan fingerprint density at radius 2 is 1.73 bits per heavy atom. The Labute approximate surface area is 212 Å². The van der Waals surface area contributed by atoms with Crippen LogP contribution in [-0.4, -0.2) is 32.3 Å². The molecule has 0 saturated heterocycles. The molecule has 2 aromatic heterocycles. The molecule has 0 bridgehead atoms. The molecule has 0 atom stereocenters. The molecule has 0 spiro atoms. The number of allylic oxidation sites excluding steroid dienone is 3. The van der Waals surface area contributed by atoms with Crippen molar-refractivity contribution in [3.63, 3.8) is 0 Å². The summed E-state index contributed by atoms with van der Waals surface area (Å²) >= 11 is 0. The summed E-state index contributed by atoms with van der Waals surface area (Å²) < 4.78 is 7.40. The number of fused-ring (bicyclic) bond motifs is 1. The van der Waals surface area contributed by atoms with Crippen LogP contribution in [0.5, 0.6) is 11.6 Å². The van der Waals surface area contributed by atoms with E-state index in [1.807, 2.05) is 18.2 Å². The summed E-state index contributed by atoms with van der Waals surface area (Å²) in [5.41, 5.74) is 0.883. The number of anilines is 2. The molecule has 10 nitrogen and oxygen atoms in total. The third kappa shape index (κ3) is 4.95. The first-order valence-corrected chi connectivity index (χ1v) is 12.4. The van der Waals surface area contributed by atoms with Crippen LogP contribution in [0.4, 0.5) is 11.5 Å². The molecule has 3 aliphatic rings. The van der Waals surface area contributed by atoms with Crippen molar-refractivity contribution in [2.45, 2.75) is 38.5 Å². The van der Waals surface area contributed by atoms with Gasteiger partial charge >= 0.3 is 0 Å². The highest BCUT2D eigenvalue weighted by Crippen LogP contribution is 2.47. The van der Waals surface area contributed by atoms with Crippen LogP contribution in [0.25, 0.3) is 5.65 Å². The van der Waals surface area contributed by atoms with Gasteiger partial charge in [-0.05, 0) is 74.9 Å². The highest BCUT2D eigenvalue weighted by Gasteiger charge is 2.56. The smallest absolute Gasteiger partial charge is 0.240 e. The highest BCUT2D eigenvalue weighted by atomic mass is 16.5. The number of carbonyl (C=O) groups excluding carboxylic acids is 3. The number of nitrogens with zero attached hydrogens (tertiary/aromatic N) is 3. The van der Waals surface area contributed by atoms with Crippen molar-refractivity contribution in [1.82, 2.24) is 19.9 Å².